The van der Waals surface area contributed by atoms with Crippen LogP contribution in [0.2, 0.25) is 0 Å². The van der Waals surface area contributed by atoms with Gasteiger partial charge in [0.1, 0.15) is 36.0 Å². The Labute approximate surface area is 287 Å². The van der Waals surface area contributed by atoms with E-state index >= 15 is 0 Å². The van der Waals surface area contributed by atoms with Crippen molar-refractivity contribution in [2.24, 2.45) is 11.8 Å². The quantitative estimate of drug-likeness (QED) is 0.252. The van der Waals surface area contributed by atoms with Gasteiger partial charge in [-0.25, -0.2) is 0 Å². The van der Waals surface area contributed by atoms with E-state index in [1.165, 1.54) is 17.0 Å². The molecule has 264 valence electrons. The van der Waals surface area contributed by atoms with Gasteiger partial charge >= 0.3 is 0 Å². The van der Waals surface area contributed by atoms with Crippen molar-refractivity contribution in [1.29, 1.82) is 0 Å². The van der Waals surface area contributed by atoms with Crippen LogP contribution in [0.4, 0.5) is 0 Å². The van der Waals surface area contributed by atoms with E-state index < -0.39 is 78.1 Å². The summed E-state index contributed by atoms with van der Waals surface area (Å²) in [5.41, 5.74) is 1.41. The van der Waals surface area contributed by atoms with Crippen LogP contribution in [0.5, 0.6) is 5.75 Å². The Morgan fingerprint density at radius 3 is 2.00 bits per heavy atom. The molecule has 4 rings (SSSR count). The first-order chi connectivity index (χ1) is 23.4. The Bertz CT molecular complexity index is 1500. The van der Waals surface area contributed by atoms with Crippen molar-refractivity contribution in [1.82, 2.24) is 31.5 Å². The number of benzene rings is 2. The molecule has 2 aromatic carbocycles. The number of carbonyl (C=O) groups excluding carboxylic acids is 6. The molecular formula is C36H48N6O7. The first kappa shape index (κ1) is 36.9. The molecule has 13 heteroatoms. The topological polar surface area (TPSA) is 186 Å². The number of fused-ring (bicyclic) bond motifs is 1. The number of amides is 6. The van der Waals surface area contributed by atoms with E-state index in [1.807, 2.05) is 37.3 Å². The molecule has 2 fully saturated rings. The Morgan fingerprint density at radius 1 is 0.735 bits per heavy atom. The zero-order chi connectivity index (χ0) is 35.7. The number of nitrogens with one attached hydrogen (secondary N) is 5. The molecule has 49 heavy (non-hydrogen) atoms. The van der Waals surface area contributed by atoms with Crippen LogP contribution in [0, 0.1) is 11.8 Å². The van der Waals surface area contributed by atoms with E-state index in [9.17, 15) is 33.9 Å². The minimum Gasteiger partial charge on any atom is -0.508 e. The average Bonchev–Trinajstić information content (AvgIpc) is 3.58. The summed E-state index contributed by atoms with van der Waals surface area (Å²) >= 11 is 0. The van der Waals surface area contributed by atoms with Crippen LogP contribution in [-0.4, -0.2) is 88.7 Å². The van der Waals surface area contributed by atoms with Gasteiger partial charge in [-0.05, 0) is 47.9 Å². The third kappa shape index (κ3) is 9.80. The first-order valence-electron chi connectivity index (χ1n) is 17.0. The molecule has 6 amide bonds. The molecule has 0 unspecified atom stereocenters. The zero-order valence-electron chi connectivity index (χ0n) is 28.5. The van der Waals surface area contributed by atoms with Gasteiger partial charge in [0, 0.05) is 19.4 Å². The van der Waals surface area contributed by atoms with E-state index in [0.717, 1.165) is 5.56 Å². The van der Waals surface area contributed by atoms with Crippen molar-refractivity contribution in [2.75, 3.05) is 13.1 Å². The lowest BCUT2D eigenvalue weighted by molar-refractivity contribution is -0.142. The van der Waals surface area contributed by atoms with Gasteiger partial charge in [-0.1, -0.05) is 76.6 Å². The van der Waals surface area contributed by atoms with E-state index in [0.29, 0.717) is 24.8 Å². The number of hydrogen-bond donors (Lipinski definition) is 6. The third-order valence-electron chi connectivity index (χ3n) is 9.23. The minimum atomic E-state index is -1.18. The van der Waals surface area contributed by atoms with Crippen LogP contribution in [0.1, 0.15) is 58.1 Å². The number of rotatable bonds is 7. The standard InChI is InChI=1S/C36H48N6O7/c1-5-22(4)31-35(48)41-30(21(2)3)34(47)38-26(18-24-13-15-25(43)16-14-24)32(45)39-27(19-23-10-7-6-8-11-23)36(49)42-17-9-12-28(42)33(46)37-20-29(44)40-31/h6-8,10-11,13-16,21-22,26-28,30-31,43H,5,9,12,17-20H2,1-4H3,(H,37,46)(H,38,47)(H,39,45)(H,40,44)(H,41,48)/t22-,26-,27-,28-,30-,31-/m0/s1. The molecule has 0 bridgehead atoms. The monoisotopic (exact) mass is 676 g/mol. The highest BCUT2D eigenvalue weighted by molar-refractivity contribution is 5.98. The van der Waals surface area contributed by atoms with Crippen LogP contribution in [0.3, 0.4) is 0 Å². The summed E-state index contributed by atoms with van der Waals surface area (Å²) in [5, 5.41) is 23.6. The van der Waals surface area contributed by atoms with Crippen LogP contribution in [-0.2, 0) is 41.6 Å². The number of nitrogens with zero attached hydrogens (tertiary/aromatic N) is 1. The van der Waals surface area contributed by atoms with Crippen LogP contribution < -0.4 is 26.6 Å². The van der Waals surface area contributed by atoms with Gasteiger partial charge in [0.15, 0.2) is 0 Å². The summed E-state index contributed by atoms with van der Waals surface area (Å²) in [6, 6.07) is 10.1. The van der Waals surface area contributed by atoms with Crippen molar-refractivity contribution in [3.8, 4) is 5.75 Å². The molecule has 0 radical (unpaired) electrons. The SMILES string of the molecule is CC[C@H](C)[C@@H]1NC(=O)CNC(=O)[C@@H]2CCCN2C(=O)[C@H](Cc2ccccc2)NC(=O)[C@H](Cc2ccc(O)cc2)NC(=O)[C@H](C(C)C)NC1=O. The second-order valence-corrected chi connectivity index (χ2v) is 13.3. The summed E-state index contributed by atoms with van der Waals surface area (Å²) in [6.07, 6.45) is 1.61. The maximum Gasteiger partial charge on any atom is 0.246 e. The summed E-state index contributed by atoms with van der Waals surface area (Å²) in [7, 11) is 0. The third-order valence-corrected chi connectivity index (χ3v) is 9.23. The fraction of sp³-hybridized carbons (Fsp3) is 0.500. The molecular weight excluding hydrogens is 628 g/mol. The van der Waals surface area contributed by atoms with Crippen molar-refractivity contribution in [3.05, 3.63) is 65.7 Å². The predicted molar refractivity (Wildman–Crippen MR) is 182 cm³/mol. The maximum absolute atomic E-state index is 14.2. The molecule has 0 spiro atoms. The lowest BCUT2D eigenvalue weighted by Gasteiger charge is -2.31. The molecule has 6 N–H and O–H groups in total. The number of phenols is 1. The zero-order valence-corrected chi connectivity index (χ0v) is 28.5. The van der Waals surface area contributed by atoms with Crippen molar-refractivity contribution in [2.45, 2.75) is 90.0 Å². The van der Waals surface area contributed by atoms with Gasteiger partial charge in [-0.15, -0.1) is 0 Å². The van der Waals surface area contributed by atoms with E-state index in [4.69, 9.17) is 0 Å². The van der Waals surface area contributed by atoms with Crippen molar-refractivity contribution >= 4 is 35.4 Å². The molecule has 2 saturated heterocycles. The molecule has 2 aromatic rings. The summed E-state index contributed by atoms with van der Waals surface area (Å²) in [5.74, 6) is -4.04. The maximum atomic E-state index is 14.2. The lowest BCUT2D eigenvalue weighted by atomic mass is 9.96. The van der Waals surface area contributed by atoms with E-state index in [1.54, 1.807) is 32.9 Å². The molecule has 2 heterocycles. The fourth-order valence-electron chi connectivity index (χ4n) is 6.15. The van der Waals surface area contributed by atoms with Gasteiger partial charge < -0.3 is 36.6 Å². The van der Waals surface area contributed by atoms with Crippen molar-refractivity contribution in [3.63, 3.8) is 0 Å². The van der Waals surface area contributed by atoms with Crippen LogP contribution >= 0.6 is 0 Å². The predicted octanol–water partition coefficient (Wildman–Crippen LogP) is 0.940. The number of hydrogen-bond acceptors (Lipinski definition) is 7. The van der Waals surface area contributed by atoms with Gasteiger partial charge in [-0.2, -0.15) is 0 Å². The highest BCUT2D eigenvalue weighted by Crippen LogP contribution is 2.21. The molecule has 0 aromatic heterocycles. The highest BCUT2D eigenvalue weighted by Gasteiger charge is 2.39. The number of carbonyl (C=O) groups is 6. The van der Waals surface area contributed by atoms with Crippen LogP contribution in [0.25, 0.3) is 0 Å². The van der Waals surface area contributed by atoms with Gasteiger partial charge in [0.2, 0.25) is 35.4 Å². The largest absolute Gasteiger partial charge is 0.508 e. The molecule has 6 atom stereocenters. The van der Waals surface area contributed by atoms with Gasteiger partial charge in [0.05, 0.1) is 6.54 Å². The second-order valence-electron chi connectivity index (χ2n) is 13.3. The Balaban J connectivity index is 1.74. The molecule has 2 aliphatic heterocycles. The highest BCUT2D eigenvalue weighted by atomic mass is 16.3. The molecule has 0 saturated carbocycles. The van der Waals surface area contributed by atoms with Gasteiger partial charge in [0.25, 0.3) is 0 Å². The first-order valence-corrected chi connectivity index (χ1v) is 17.0. The van der Waals surface area contributed by atoms with Crippen LogP contribution in [0.15, 0.2) is 54.6 Å². The smallest absolute Gasteiger partial charge is 0.246 e. The number of phenolic OH excluding ortho intramolecular Hbond substituents is 1. The number of aromatic hydroxyl groups is 1. The minimum absolute atomic E-state index is 0.0170. The summed E-state index contributed by atoms with van der Waals surface area (Å²) < 4.78 is 0. The molecule has 13 nitrogen and oxygen atoms in total. The van der Waals surface area contributed by atoms with Gasteiger partial charge in [-0.3, -0.25) is 28.8 Å². The summed E-state index contributed by atoms with van der Waals surface area (Å²) in [6.45, 7) is 7.04. The Morgan fingerprint density at radius 2 is 1.35 bits per heavy atom. The summed E-state index contributed by atoms with van der Waals surface area (Å²) in [4.78, 5) is 83.6. The fourth-order valence-corrected chi connectivity index (χ4v) is 6.15. The lowest BCUT2D eigenvalue weighted by Crippen LogP contribution is -2.62. The van der Waals surface area contributed by atoms with E-state index in [-0.39, 0.29) is 31.1 Å². The average molecular weight is 677 g/mol. The van der Waals surface area contributed by atoms with Crippen molar-refractivity contribution < 1.29 is 33.9 Å². The molecule has 0 aliphatic carbocycles. The molecule has 2 aliphatic rings. The Hall–Kier alpha value is -4.94. The normalized spacial score (nSPS) is 25.2. The Kier molecular flexibility index (Phi) is 12.8. The van der Waals surface area contributed by atoms with E-state index in [2.05, 4.69) is 26.6 Å². The second kappa shape index (κ2) is 16.9.